The molecule has 1 saturated heterocycles. The summed E-state index contributed by atoms with van der Waals surface area (Å²) in [5.74, 6) is 0.0582. The number of nitrogens with zero attached hydrogens (tertiary/aromatic N) is 1. The van der Waals surface area contributed by atoms with Gasteiger partial charge in [-0.15, -0.1) is 0 Å². The summed E-state index contributed by atoms with van der Waals surface area (Å²) in [4.78, 5) is 17.0. The Morgan fingerprint density at radius 1 is 1.28 bits per heavy atom. The highest BCUT2D eigenvalue weighted by Gasteiger charge is 2.24. The number of aryl methyl sites for hydroxylation is 1. The Labute approximate surface area is 157 Å². The maximum atomic E-state index is 12.2. The van der Waals surface area contributed by atoms with Gasteiger partial charge >= 0.3 is 0 Å². The molecule has 128 valence electrons. The van der Waals surface area contributed by atoms with Crippen molar-refractivity contribution in [3.8, 4) is 11.5 Å². The third-order valence-electron chi connectivity index (χ3n) is 3.49. The first-order chi connectivity index (χ1) is 12.0. The van der Waals surface area contributed by atoms with Gasteiger partial charge in [0, 0.05) is 10.0 Å². The predicted octanol–water partition coefficient (Wildman–Crippen LogP) is 4.36. The molecule has 1 fully saturated rings. The van der Waals surface area contributed by atoms with Crippen LogP contribution in [0.2, 0.25) is 0 Å². The molecule has 3 rings (SSSR count). The molecular formula is C18H15BrN2O3S. The Balaban J connectivity index is 1.89. The minimum absolute atomic E-state index is 0.0180. The molecule has 1 amide bonds. The van der Waals surface area contributed by atoms with Crippen LogP contribution in [0.5, 0.6) is 11.5 Å². The molecular weight excluding hydrogens is 404 g/mol. The highest BCUT2D eigenvalue weighted by molar-refractivity contribution is 9.10. The van der Waals surface area contributed by atoms with Crippen molar-refractivity contribution in [1.29, 1.82) is 0 Å². The number of nitrogens with one attached hydrogen (secondary N) is 1. The zero-order valence-corrected chi connectivity index (χ0v) is 15.9. The summed E-state index contributed by atoms with van der Waals surface area (Å²) in [6.07, 6.45) is 1.61. The van der Waals surface area contributed by atoms with E-state index in [2.05, 4.69) is 26.2 Å². The Hall–Kier alpha value is -2.25. The quantitative estimate of drug-likeness (QED) is 0.726. The molecule has 2 N–H and O–H groups in total. The number of amidine groups is 1. The molecule has 7 heteroatoms. The number of aromatic hydroxyl groups is 1. The molecule has 0 atom stereocenters. The van der Waals surface area contributed by atoms with E-state index in [4.69, 9.17) is 4.74 Å². The topological polar surface area (TPSA) is 70.9 Å². The summed E-state index contributed by atoms with van der Waals surface area (Å²) in [5, 5.41) is 13.5. The molecule has 0 aliphatic carbocycles. The first kappa shape index (κ1) is 17.6. The second-order valence-electron chi connectivity index (χ2n) is 5.36. The highest BCUT2D eigenvalue weighted by Crippen LogP contribution is 2.37. The zero-order valence-electron chi connectivity index (χ0n) is 13.5. The number of thioether (sulfide) groups is 1. The van der Waals surface area contributed by atoms with Crippen LogP contribution < -0.4 is 10.1 Å². The number of methoxy groups -OCH3 is 1. The van der Waals surface area contributed by atoms with Crippen molar-refractivity contribution in [3.05, 3.63) is 56.9 Å². The molecule has 0 radical (unpaired) electrons. The number of benzene rings is 2. The van der Waals surface area contributed by atoms with E-state index in [1.807, 2.05) is 31.2 Å². The van der Waals surface area contributed by atoms with Crippen molar-refractivity contribution in [2.75, 3.05) is 7.11 Å². The van der Waals surface area contributed by atoms with E-state index < -0.39 is 0 Å². The molecule has 0 aromatic heterocycles. The monoisotopic (exact) mass is 418 g/mol. The first-order valence-electron chi connectivity index (χ1n) is 7.39. The van der Waals surface area contributed by atoms with Crippen LogP contribution in [-0.2, 0) is 4.79 Å². The number of phenolic OH excluding ortho intramolecular Hbond substituents is 1. The third-order valence-corrected chi connectivity index (χ3v) is 4.86. The average Bonchev–Trinajstić information content (AvgIpc) is 2.92. The number of halogens is 1. The molecule has 1 heterocycles. The summed E-state index contributed by atoms with van der Waals surface area (Å²) >= 11 is 4.59. The summed E-state index contributed by atoms with van der Waals surface area (Å²) in [6.45, 7) is 2.00. The number of hydrogen-bond acceptors (Lipinski definition) is 5. The molecule has 2 aromatic rings. The van der Waals surface area contributed by atoms with Gasteiger partial charge in [-0.25, -0.2) is 4.99 Å². The molecule has 1 aliphatic rings. The molecule has 2 aromatic carbocycles. The van der Waals surface area contributed by atoms with Gasteiger partial charge in [-0.2, -0.15) is 0 Å². The summed E-state index contributed by atoms with van der Waals surface area (Å²) in [6, 6.07) is 11.1. The summed E-state index contributed by atoms with van der Waals surface area (Å²) in [7, 11) is 1.47. The average molecular weight is 419 g/mol. The molecule has 1 aliphatic heterocycles. The summed E-state index contributed by atoms with van der Waals surface area (Å²) < 4.78 is 5.87. The van der Waals surface area contributed by atoms with Crippen LogP contribution in [0.15, 0.2) is 50.8 Å². The van der Waals surface area contributed by atoms with Gasteiger partial charge < -0.3 is 15.2 Å². The van der Waals surface area contributed by atoms with E-state index in [1.165, 1.54) is 18.9 Å². The van der Waals surface area contributed by atoms with Gasteiger partial charge in [0.15, 0.2) is 16.7 Å². The molecule has 25 heavy (non-hydrogen) atoms. The Bertz CT molecular complexity index is 892. The lowest BCUT2D eigenvalue weighted by molar-refractivity contribution is -0.115. The molecule has 0 saturated carbocycles. The second-order valence-corrected chi connectivity index (χ2v) is 7.31. The Morgan fingerprint density at radius 2 is 2.00 bits per heavy atom. The number of carbonyl (C=O) groups is 1. The van der Waals surface area contributed by atoms with Gasteiger partial charge in [0.1, 0.15) is 0 Å². The number of hydrogen-bond donors (Lipinski definition) is 2. The maximum absolute atomic E-state index is 12.2. The minimum Gasteiger partial charge on any atom is -0.504 e. The lowest BCUT2D eigenvalue weighted by Gasteiger charge is -2.07. The van der Waals surface area contributed by atoms with Gasteiger partial charge in [-0.1, -0.05) is 33.6 Å². The molecule has 0 unspecified atom stereocenters. The number of carbonyl (C=O) groups excluding carboxylic acids is 1. The first-order valence-corrected chi connectivity index (χ1v) is 9.00. The Kier molecular flexibility index (Phi) is 5.15. The smallest absolute Gasteiger partial charge is 0.264 e. The standard InChI is InChI=1S/C18H15BrN2O3S/c1-10-3-5-13(6-4-10)20-18-21-17(23)15(25-18)8-11-7-12(19)9-14(24-2)16(11)22/h3-9,22H,1-2H3,(H,20,21,23)/b15-8-. The molecule has 5 nitrogen and oxygen atoms in total. The van der Waals surface area contributed by atoms with Crippen LogP contribution >= 0.6 is 27.7 Å². The highest BCUT2D eigenvalue weighted by atomic mass is 79.9. The number of aliphatic imine (C=N–C) groups is 1. The zero-order chi connectivity index (χ0) is 18.0. The predicted molar refractivity (Wildman–Crippen MR) is 104 cm³/mol. The number of phenols is 1. The number of amides is 1. The largest absolute Gasteiger partial charge is 0.504 e. The van der Waals surface area contributed by atoms with Crippen molar-refractivity contribution < 1.29 is 14.6 Å². The van der Waals surface area contributed by atoms with Crippen LogP contribution in [0.1, 0.15) is 11.1 Å². The fraction of sp³-hybridized carbons (Fsp3) is 0.111. The molecule has 0 bridgehead atoms. The third kappa shape index (κ3) is 4.05. The fourth-order valence-corrected chi connectivity index (χ4v) is 3.51. The maximum Gasteiger partial charge on any atom is 0.264 e. The van der Waals surface area contributed by atoms with Crippen molar-refractivity contribution >= 4 is 50.5 Å². The van der Waals surface area contributed by atoms with E-state index >= 15 is 0 Å². The van der Waals surface area contributed by atoms with Crippen molar-refractivity contribution in [2.24, 2.45) is 4.99 Å². The van der Waals surface area contributed by atoms with E-state index in [0.29, 0.717) is 21.4 Å². The van der Waals surface area contributed by atoms with E-state index in [9.17, 15) is 9.90 Å². The SMILES string of the molecule is COc1cc(Br)cc(/C=C2\SC(=Nc3ccc(C)cc3)NC2=O)c1O. The van der Waals surface area contributed by atoms with Gasteiger partial charge in [0.2, 0.25) is 0 Å². The van der Waals surface area contributed by atoms with E-state index in [-0.39, 0.29) is 11.7 Å². The summed E-state index contributed by atoms with van der Waals surface area (Å²) in [5.41, 5.74) is 2.40. The van der Waals surface area contributed by atoms with Crippen molar-refractivity contribution in [3.63, 3.8) is 0 Å². The van der Waals surface area contributed by atoms with Crippen molar-refractivity contribution in [1.82, 2.24) is 5.32 Å². The second kappa shape index (κ2) is 7.33. The Morgan fingerprint density at radius 3 is 2.68 bits per heavy atom. The van der Waals surface area contributed by atoms with Crippen molar-refractivity contribution in [2.45, 2.75) is 6.92 Å². The van der Waals surface area contributed by atoms with Gasteiger partial charge in [0.05, 0.1) is 17.7 Å². The number of ether oxygens (including phenoxy) is 1. The van der Waals surface area contributed by atoms with Crippen LogP contribution in [0.3, 0.4) is 0 Å². The lowest BCUT2D eigenvalue weighted by Crippen LogP contribution is -2.19. The fourth-order valence-electron chi connectivity index (χ4n) is 2.22. The lowest BCUT2D eigenvalue weighted by atomic mass is 10.1. The van der Waals surface area contributed by atoms with Gasteiger partial charge in [-0.05, 0) is 49.0 Å². The van der Waals surface area contributed by atoms with Gasteiger partial charge in [-0.3, -0.25) is 4.79 Å². The normalized spacial score (nSPS) is 17.2. The van der Waals surface area contributed by atoms with Crippen LogP contribution in [0.4, 0.5) is 5.69 Å². The van der Waals surface area contributed by atoms with Crippen LogP contribution in [0.25, 0.3) is 6.08 Å². The number of rotatable bonds is 3. The van der Waals surface area contributed by atoms with Gasteiger partial charge in [0.25, 0.3) is 5.91 Å². The van der Waals surface area contributed by atoms with Crippen LogP contribution in [-0.4, -0.2) is 23.3 Å². The van der Waals surface area contributed by atoms with E-state index in [1.54, 1.807) is 18.2 Å². The minimum atomic E-state index is -0.255. The van der Waals surface area contributed by atoms with E-state index in [0.717, 1.165) is 15.7 Å². The molecule has 0 spiro atoms. The van der Waals surface area contributed by atoms with Crippen LogP contribution in [0, 0.1) is 6.92 Å².